The lowest BCUT2D eigenvalue weighted by Crippen LogP contribution is -2.56. The van der Waals surface area contributed by atoms with Crippen molar-refractivity contribution in [3.63, 3.8) is 0 Å². The van der Waals surface area contributed by atoms with Crippen LogP contribution in [0, 0.1) is 11.8 Å². The van der Waals surface area contributed by atoms with E-state index in [1.54, 1.807) is 0 Å². The highest BCUT2D eigenvalue weighted by molar-refractivity contribution is 4.88. The Balaban J connectivity index is 1.17. The molecule has 0 saturated carbocycles. The summed E-state index contributed by atoms with van der Waals surface area (Å²) in [6.07, 6.45) is 23.2. The van der Waals surface area contributed by atoms with E-state index >= 15 is 0 Å². The highest BCUT2D eigenvalue weighted by atomic mass is 16.5. The molecule has 0 aromatic heterocycles. The number of nitrogens with zero attached hydrogens (tertiary/aromatic N) is 2. The Kier molecular flexibility index (Phi) is 9.03. The fraction of sp³-hybridized carbons (Fsp3) is 1.00. The van der Waals surface area contributed by atoms with E-state index in [-0.39, 0.29) is 12.3 Å². The summed E-state index contributed by atoms with van der Waals surface area (Å²) in [7, 11) is 0. The lowest BCUT2D eigenvalue weighted by Gasteiger charge is -2.48. The lowest BCUT2D eigenvalue weighted by molar-refractivity contribution is -0.198. The molecule has 0 amide bonds. The normalized spacial score (nSPS) is 43.0. The van der Waals surface area contributed by atoms with Crippen LogP contribution in [0.4, 0.5) is 0 Å². The summed E-state index contributed by atoms with van der Waals surface area (Å²) in [5.74, 6) is 1.27. The summed E-state index contributed by atoms with van der Waals surface area (Å²) in [5, 5.41) is 10.4. The number of fused-ring (bicyclic) bond motifs is 2. The number of ether oxygens (including phenoxy) is 2. The average molecular weight is 463 g/mol. The van der Waals surface area contributed by atoms with Gasteiger partial charge in [0.05, 0.1) is 18.3 Å². The lowest BCUT2D eigenvalue weighted by atomic mass is 9.87. The van der Waals surface area contributed by atoms with Crippen molar-refractivity contribution >= 4 is 0 Å². The number of hydrogen-bond donors (Lipinski definition) is 1. The fourth-order valence-corrected chi connectivity index (χ4v) is 7.58. The van der Waals surface area contributed by atoms with Crippen LogP contribution >= 0.6 is 0 Å². The Bertz CT molecular complexity index is 589. The summed E-state index contributed by atoms with van der Waals surface area (Å²) in [6.45, 7) is 4.44. The number of rotatable bonds is 0. The predicted molar refractivity (Wildman–Crippen MR) is 132 cm³/mol. The molecule has 0 aromatic rings. The first-order chi connectivity index (χ1) is 16.3. The number of aliphatic hydroxyl groups is 1. The third-order valence-corrected chi connectivity index (χ3v) is 9.41. The molecule has 5 unspecified atom stereocenters. The van der Waals surface area contributed by atoms with Gasteiger partial charge in [-0.15, -0.1) is 0 Å². The molecule has 0 aromatic carbocycles. The van der Waals surface area contributed by atoms with Gasteiger partial charge in [0, 0.05) is 32.1 Å². The molecule has 5 aliphatic heterocycles. The van der Waals surface area contributed by atoms with Gasteiger partial charge in [-0.2, -0.15) is 0 Å². The number of aliphatic hydroxyl groups excluding tert-OH is 1. The Morgan fingerprint density at radius 1 is 0.515 bits per heavy atom. The van der Waals surface area contributed by atoms with Gasteiger partial charge in [0.25, 0.3) is 0 Å². The summed E-state index contributed by atoms with van der Waals surface area (Å²) < 4.78 is 13.4. The second kappa shape index (κ2) is 12.2. The molecule has 5 heteroatoms. The van der Waals surface area contributed by atoms with Crippen molar-refractivity contribution < 1.29 is 14.6 Å². The first-order valence-corrected chi connectivity index (χ1v) is 14.7. The van der Waals surface area contributed by atoms with Gasteiger partial charge in [0.2, 0.25) is 0 Å². The minimum absolute atomic E-state index is 0.163. The molecule has 5 aliphatic rings. The molecule has 0 spiro atoms. The molecule has 0 radical (unpaired) electrons. The van der Waals surface area contributed by atoms with Crippen LogP contribution < -0.4 is 0 Å². The summed E-state index contributed by atoms with van der Waals surface area (Å²) in [5.41, 5.74) is 0. The summed E-state index contributed by atoms with van der Waals surface area (Å²) >= 11 is 0. The van der Waals surface area contributed by atoms with Crippen molar-refractivity contribution in [2.75, 3.05) is 26.2 Å². The Morgan fingerprint density at radius 2 is 1.06 bits per heavy atom. The van der Waals surface area contributed by atoms with E-state index in [0.717, 1.165) is 31.8 Å². The SMILES string of the molecule is OC1CC2CCCCCC[C@@H]3CCN4CCCC(CCCCCC[C@@H]5CCN(C1)C2O5)C4O3. The third kappa shape index (κ3) is 6.52. The van der Waals surface area contributed by atoms with Crippen LogP contribution in [-0.2, 0) is 9.47 Å². The van der Waals surface area contributed by atoms with E-state index in [1.807, 2.05) is 0 Å². The third-order valence-electron chi connectivity index (χ3n) is 9.41. The molecule has 7 atom stereocenters. The van der Waals surface area contributed by atoms with Gasteiger partial charge in [-0.25, -0.2) is 0 Å². The maximum Gasteiger partial charge on any atom is 0.114 e. The van der Waals surface area contributed by atoms with Gasteiger partial charge in [0.1, 0.15) is 12.5 Å². The van der Waals surface area contributed by atoms with Gasteiger partial charge in [-0.1, -0.05) is 51.4 Å². The van der Waals surface area contributed by atoms with E-state index in [0.29, 0.717) is 24.4 Å². The van der Waals surface area contributed by atoms with Crippen molar-refractivity contribution in [2.24, 2.45) is 11.8 Å². The maximum absolute atomic E-state index is 10.4. The molecule has 1 N–H and O–H groups in total. The van der Waals surface area contributed by atoms with Gasteiger partial charge in [-0.05, 0) is 63.7 Å². The molecule has 33 heavy (non-hydrogen) atoms. The molecule has 5 fully saturated rings. The van der Waals surface area contributed by atoms with Crippen LogP contribution in [0.2, 0.25) is 0 Å². The van der Waals surface area contributed by atoms with Crippen LogP contribution in [0.5, 0.6) is 0 Å². The van der Waals surface area contributed by atoms with Gasteiger partial charge >= 0.3 is 0 Å². The molecular formula is C28H50N2O3. The van der Waals surface area contributed by atoms with Gasteiger partial charge in [-0.3, -0.25) is 9.80 Å². The molecule has 190 valence electrons. The van der Waals surface area contributed by atoms with E-state index < -0.39 is 0 Å². The highest BCUT2D eigenvalue weighted by Crippen LogP contribution is 2.36. The van der Waals surface area contributed by atoms with E-state index in [9.17, 15) is 5.11 Å². The van der Waals surface area contributed by atoms with Gasteiger partial charge in [0.15, 0.2) is 0 Å². The molecule has 4 bridgehead atoms. The largest absolute Gasteiger partial charge is 0.392 e. The fourth-order valence-electron chi connectivity index (χ4n) is 7.58. The standard InChI is InChI=1S/C28H50N2O3/c31-24-20-23-11-6-2-4-8-13-25-15-18-29-17-9-12-22(27(29)32-25)10-5-1-3-7-14-26-16-19-30(21-24)28(23)33-26/h22-28,31H,1-21H2/t22?,23?,24?,25-,26-,27?,28?/m1/s1. The molecule has 5 saturated heterocycles. The molecule has 5 heterocycles. The van der Waals surface area contributed by atoms with Crippen molar-refractivity contribution in [2.45, 2.75) is 140 Å². The molecule has 0 aliphatic carbocycles. The predicted octanol–water partition coefficient (Wildman–Crippen LogP) is 5.31. The van der Waals surface area contributed by atoms with Gasteiger partial charge < -0.3 is 14.6 Å². The van der Waals surface area contributed by atoms with Crippen LogP contribution in [0.25, 0.3) is 0 Å². The second-order valence-electron chi connectivity index (χ2n) is 11.9. The molecule has 5 rings (SSSR count). The zero-order valence-corrected chi connectivity index (χ0v) is 21.0. The Hall–Kier alpha value is -0.200. The minimum atomic E-state index is -0.163. The summed E-state index contributed by atoms with van der Waals surface area (Å²) in [6, 6.07) is 0. The molecular weight excluding hydrogens is 412 g/mol. The van der Waals surface area contributed by atoms with Crippen LogP contribution in [0.15, 0.2) is 0 Å². The topological polar surface area (TPSA) is 45.2 Å². The Morgan fingerprint density at radius 3 is 1.76 bits per heavy atom. The Labute approximate surface area is 202 Å². The monoisotopic (exact) mass is 462 g/mol. The zero-order chi connectivity index (χ0) is 22.5. The average Bonchev–Trinajstić information content (AvgIpc) is 2.83. The van der Waals surface area contributed by atoms with Crippen molar-refractivity contribution in [3.8, 4) is 0 Å². The smallest absolute Gasteiger partial charge is 0.114 e. The van der Waals surface area contributed by atoms with E-state index in [1.165, 1.54) is 109 Å². The summed E-state index contributed by atoms with van der Waals surface area (Å²) in [4.78, 5) is 5.11. The van der Waals surface area contributed by atoms with Crippen molar-refractivity contribution in [3.05, 3.63) is 0 Å². The van der Waals surface area contributed by atoms with E-state index in [4.69, 9.17) is 9.47 Å². The van der Waals surface area contributed by atoms with Crippen molar-refractivity contribution in [1.82, 2.24) is 9.80 Å². The number of hydrogen-bond acceptors (Lipinski definition) is 5. The first-order valence-electron chi connectivity index (χ1n) is 14.7. The van der Waals surface area contributed by atoms with Crippen LogP contribution in [-0.4, -0.2) is 71.9 Å². The maximum atomic E-state index is 10.4. The second-order valence-corrected chi connectivity index (χ2v) is 11.9. The quantitative estimate of drug-likeness (QED) is 0.529. The zero-order valence-electron chi connectivity index (χ0n) is 21.0. The van der Waals surface area contributed by atoms with E-state index in [2.05, 4.69) is 9.80 Å². The van der Waals surface area contributed by atoms with Crippen LogP contribution in [0.1, 0.15) is 109 Å². The van der Waals surface area contributed by atoms with Crippen LogP contribution in [0.3, 0.4) is 0 Å². The van der Waals surface area contributed by atoms with Crippen molar-refractivity contribution in [1.29, 1.82) is 0 Å². The minimum Gasteiger partial charge on any atom is -0.392 e. The first kappa shape index (κ1) is 24.5. The highest BCUT2D eigenvalue weighted by Gasteiger charge is 2.40. The molecule has 5 nitrogen and oxygen atoms in total. The number of piperidine rings is 2.